The predicted octanol–water partition coefficient (Wildman–Crippen LogP) is 1.52. The van der Waals surface area contributed by atoms with Crippen molar-refractivity contribution in [2.75, 3.05) is 13.1 Å². The van der Waals surface area contributed by atoms with Gasteiger partial charge < -0.3 is 5.11 Å². The molecule has 0 aliphatic carbocycles. The van der Waals surface area contributed by atoms with Gasteiger partial charge in [-0.3, -0.25) is 0 Å². The van der Waals surface area contributed by atoms with Crippen molar-refractivity contribution >= 4 is 21.6 Å². The number of aliphatic hydroxyl groups is 1. The summed E-state index contributed by atoms with van der Waals surface area (Å²) in [5.74, 6) is 0. The minimum absolute atomic E-state index is 0.00292. The van der Waals surface area contributed by atoms with Gasteiger partial charge in [-0.1, -0.05) is 18.5 Å². The summed E-state index contributed by atoms with van der Waals surface area (Å²) in [4.78, 5) is 3.71. The van der Waals surface area contributed by atoms with E-state index in [-0.39, 0.29) is 23.1 Å². The molecule has 0 aliphatic heterocycles. The maximum atomic E-state index is 12.4. The van der Waals surface area contributed by atoms with E-state index >= 15 is 0 Å². The Hall–Kier alpha value is -0.690. The molecule has 0 saturated heterocycles. The summed E-state index contributed by atoms with van der Waals surface area (Å²) in [6.07, 6.45) is 1.42. The number of nitrogens with zero attached hydrogens (tertiary/aromatic N) is 2. The molecule has 0 amide bonds. The molecule has 0 spiro atoms. The van der Waals surface area contributed by atoms with E-state index in [1.807, 2.05) is 0 Å². The first kappa shape index (κ1) is 15.4. The van der Waals surface area contributed by atoms with Gasteiger partial charge in [0.25, 0.3) is 0 Å². The number of sulfonamides is 1. The minimum Gasteiger partial charge on any atom is -0.389 e. The number of halogens is 1. The highest BCUT2D eigenvalue weighted by molar-refractivity contribution is 7.89. The van der Waals surface area contributed by atoms with Crippen molar-refractivity contribution in [3.05, 3.63) is 23.5 Å². The summed E-state index contributed by atoms with van der Waals surface area (Å²) >= 11 is 5.80. The Labute approximate surface area is 112 Å². The van der Waals surface area contributed by atoms with Crippen LogP contribution in [-0.4, -0.2) is 41.5 Å². The summed E-state index contributed by atoms with van der Waals surface area (Å²) in [7, 11) is -3.74. The predicted molar refractivity (Wildman–Crippen MR) is 70.0 cm³/mol. The molecule has 102 valence electrons. The molecule has 1 N–H and O–H groups in total. The first-order valence-corrected chi connectivity index (χ1v) is 7.33. The molecule has 1 aromatic rings. The van der Waals surface area contributed by atoms with Crippen molar-refractivity contribution in [2.45, 2.75) is 31.3 Å². The second kappa shape index (κ2) is 5.52. The van der Waals surface area contributed by atoms with Gasteiger partial charge in [0.1, 0.15) is 10.0 Å². The minimum atomic E-state index is -3.74. The van der Waals surface area contributed by atoms with E-state index in [1.165, 1.54) is 22.6 Å². The number of hydrogen-bond donors (Lipinski definition) is 1. The number of hydrogen-bond acceptors (Lipinski definition) is 4. The highest BCUT2D eigenvalue weighted by atomic mass is 35.5. The Kier molecular flexibility index (Phi) is 4.72. The van der Waals surface area contributed by atoms with E-state index in [9.17, 15) is 13.5 Å². The van der Waals surface area contributed by atoms with Crippen molar-refractivity contribution in [3.63, 3.8) is 0 Å². The average Bonchev–Trinajstić information content (AvgIpc) is 2.24. The van der Waals surface area contributed by atoms with Crippen LogP contribution in [0.2, 0.25) is 5.15 Å². The number of rotatable bonds is 5. The zero-order chi connectivity index (χ0) is 14.0. The fraction of sp³-hybridized carbons (Fsp3) is 0.545. The highest BCUT2D eigenvalue weighted by Gasteiger charge is 2.30. The van der Waals surface area contributed by atoms with Crippen molar-refractivity contribution < 1.29 is 13.5 Å². The van der Waals surface area contributed by atoms with Crippen LogP contribution in [0.1, 0.15) is 20.8 Å². The largest absolute Gasteiger partial charge is 0.389 e. The van der Waals surface area contributed by atoms with Gasteiger partial charge in [-0.25, -0.2) is 13.4 Å². The SMILES string of the molecule is CCN(CC(C)(C)O)S(=O)(=O)c1cccnc1Cl. The summed E-state index contributed by atoms with van der Waals surface area (Å²) in [6, 6.07) is 2.91. The Balaban J connectivity index is 3.16. The molecule has 1 rings (SSSR count). The zero-order valence-corrected chi connectivity index (χ0v) is 12.2. The molecule has 0 atom stereocenters. The Morgan fingerprint density at radius 3 is 2.56 bits per heavy atom. The number of aromatic nitrogens is 1. The molecule has 0 bridgehead atoms. The lowest BCUT2D eigenvalue weighted by Crippen LogP contribution is -2.42. The van der Waals surface area contributed by atoms with E-state index < -0.39 is 15.6 Å². The molecule has 7 heteroatoms. The van der Waals surface area contributed by atoms with Crippen LogP contribution in [-0.2, 0) is 10.0 Å². The smallest absolute Gasteiger partial charge is 0.246 e. The van der Waals surface area contributed by atoms with E-state index in [2.05, 4.69) is 4.98 Å². The van der Waals surface area contributed by atoms with Gasteiger partial charge in [0.05, 0.1) is 5.60 Å². The summed E-state index contributed by atoms with van der Waals surface area (Å²) in [5.41, 5.74) is -1.11. The van der Waals surface area contributed by atoms with Crippen LogP contribution in [0.3, 0.4) is 0 Å². The van der Waals surface area contributed by atoms with E-state index in [4.69, 9.17) is 11.6 Å². The molecule has 18 heavy (non-hydrogen) atoms. The first-order valence-electron chi connectivity index (χ1n) is 5.51. The monoisotopic (exact) mass is 292 g/mol. The first-order chi connectivity index (χ1) is 8.18. The fourth-order valence-electron chi connectivity index (χ4n) is 1.50. The summed E-state index contributed by atoms with van der Waals surface area (Å²) in [6.45, 7) is 5.05. The number of likely N-dealkylation sites (N-methyl/N-ethyl adjacent to an activating group) is 1. The van der Waals surface area contributed by atoms with Crippen LogP contribution in [0, 0.1) is 0 Å². The summed E-state index contributed by atoms with van der Waals surface area (Å²) < 4.78 is 25.9. The quantitative estimate of drug-likeness (QED) is 0.835. The molecule has 1 aromatic heterocycles. The molecule has 0 unspecified atom stereocenters. The van der Waals surface area contributed by atoms with Crippen LogP contribution < -0.4 is 0 Å². The van der Waals surface area contributed by atoms with Gasteiger partial charge in [0.15, 0.2) is 0 Å². The number of pyridine rings is 1. The van der Waals surface area contributed by atoms with Gasteiger partial charge >= 0.3 is 0 Å². The fourth-order valence-corrected chi connectivity index (χ4v) is 3.53. The van der Waals surface area contributed by atoms with Crippen LogP contribution >= 0.6 is 11.6 Å². The lowest BCUT2D eigenvalue weighted by atomic mass is 10.1. The van der Waals surface area contributed by atoms with Crippen LogP contribution in [0.15, 0.2) is 23.2 Å². The molecule has 0 saturated carbocycles. The van der Waals surface area contributed by atoms with E-state index in [0.29, 0.717) is 0 Å². The Morgan fingerprint density at radius 2 is 2.11 bits per heavy atom. The van der Waals surface area contributed by atoms with Gasteiger partial charge in [0, 0.05) is 19.3 Å². The van der Waals surface area contributed by atoms with Crippen LogP contribution in [0.5, 0.6) is 0 Å². The maximum absolute atomic E-state index is 12.4. The standard InChI is InChI=1S/C11H17ClN2O3S/c1-4-14(8-11(2,3)15)18(16,17)9-6-5-7-13-10(9)12/h5-7,15H,4,8H2,1-3H3. The van der Waals surface area contributed by atoms with Gasteiger partial charge in [-0.05, 0) is 26.0 Å². The van der Waals surface area contributed by atoms with Gasteiger partial charge in [-0.15, -0.1) is 0 Å². The topological polar surface area (TPSA) is 70.5 Å². The second-order valence-electron chi connectivity index (χ2n) is 4.54. The highest BCUT2D eigenvalue weighted by Crippen LogP contribution is 2.23. The molecular formula is C11H17ClN2O3S. The van der Waals surface area contributed by atoms with Crippen LogP contribution in [0.4, 0.5) is 0 Å². The van der Waals surface area contributed by atoms with Crippen molar-refractivity contribution in [2.24, 2.45) is 0 Å². The van der Waals surface area contributed by atoms with Crippen LogP contribution in [0.25, 0.3) is 0 Å². The zero-order valence-electron chi connectivity index (χ0n) is 10.6. The van der Waals surface area contributed by atoms with Crippen molar-refractivity contribution in [1.29, 1.82) is 0 Å². The molecule has 0 fully saturated rings. The third-order valence-electron chi connectivity index (χ3n) is 2.26. The lowest BCUT2D eigenvalue weighted by Gasteiger charge is -2.27. The normalized spacial score (nSPS) is 13.0. The molecule has 5 nitrogen and oxygen atoms in total. The molecule has 0 radical (unpaired) electrons. The molecule has 0 aliphatic rings. The third-order valence-corrected chi connectivity index (χ3v) is 4.62. The third kappa shape index (κ3) is 3.65. The molecule has 0 aromatic carbocycles. The molecule has 1 heterocycles. The van der Waals surface area contributed by atoms with Crippen molar-refractivity contribution in [3.8, 4) is 0 Å². The maximum Gasteiger partial charge on any atom is 0.246 e. The Morgan fingerprint density at radius 1 is 1.50 bits per heavy atom. The second-order valence-corrected chi connectivity index (χ2v) is 6.80. The average molecular weight is 293 g/mol. The van der Waals surface area contributed by atoms with Crippen molar-refractivity contribution in [1.82, 2.24) is 9.29 Å². The van der Waals surface area contributed by atoms with E-state index in [1.54, 1.807) is 20.8 Å². The molecular weight excluding hydrogens is 276 g/mol. The van der Waals surface area contributed by atoms with E-state index in [0.717, 1.165) is 0 Å². The lowest BCUT2D eigenvalue weighted by molar-refractivity contribution is 0.0601. The summed E-state index contributed by atoms with van der Waals surface area (Å²) in [5, 5.41) is 9.68. The Bertz CT molecular complexity index is 511. The van der Waals surface area contributed by atoms with Gasteiger partial charge in [0.2, 0.25) is 10.0 Å². The van der Waals surface area contributed by atoms with Gasteiger partial charge in [-0.2, -0.15) is 4.31 Å².